The minimum Gasteiger partial charge on any atom is -0.292 e. The summed E-state index contributed by atoms with van der Waals surface area (Å²) in [5.74, 6) is -3.08. The molecule has 0 bridgehead atoms. The first-order valence-electron chi connectivity index (χ1n) is 5.13. The third kappa shape index (κ3) is 4.02. The van der Waals surface area contributed by atoms with Crippen LogP contribution in [0.5, 0.6) is 0 Å². The van der Waals surface area contributed by atoms with Gasteiger partial charge in [0.05, 0.1) is 11.6 Å². The Labute approximate surface area is 105 Å². The van der Waals surface area contributed by atoms with E-state index in [-0.39, 0.29) is 12.0 Å². The second-order valence-electron chi connectivity index (χ2n) is 3.78. The summed E-state index contributed by atoms with van der Waals surface area (Å²) in [5, 5.41) is 8.61. The minimum absolute atomic E-state index is 0.216. The van der Waals surface area contributed by atoms with Gasteiger partial charge in [0.25, 0.3) is 6.43 Å². The van der Waals surface area contributed by atoms with Gasteiger partial charge in [-0.15, -0.1) is 0 Å². The fourth-order valence-electron chi connectivity index (χ4n) is 1.43. The van der Waals surface area contributed by atoms with Crippen LogP contribution in [0.2, 0.25) is 0 Å². The van der Waals surface area contributed by atoms with Crippen LogP contribution in [-0.2, 0) is 17.4 Å². The highest BCUT2D eigenvalue weighted by atomic mass is 19.4. The summed E-state index contributed by atoms with van der Waals surface area (Å²) in [4.78, 5) is 11.0. The van der Waals surface area contributed by atoms with Crippen molar-refractivity contribution in [1.82, 2.24) is 0 Å². The van der Waals surface area contributed by atoms with Crippen LogP contribution in [0.4, 0.5) is 22.0 Å². The largest absolute Gasteiger partial charge is 0.416 e. The number of hydrogen-bond donors (Lipinski definition) is 0. The summed E-state index contributed by atoms with van der Waals surface area (Å²) in [5.41, 5.74) is -0.668. The van der Waals surface area contributed by atoms with Crippen molar-refractivity contribution in [3.05, 3.63) is 35.4 Å². The molecule has 102 valence electrons. The highest BCUT2D eigenvalue weighted by Crippen LogP contribution is 2.29. The van der Waals surface area contributed by atoms with Crippen molar-refractivity contribution in [2.75, 3.05) is 0 Å². The van der Waals surface area contributed by atoms with Gasteiger partial charge in [-0.05, 0) is 24.1 Å². The van der Waals surface area contributed by atoms with Crippen LogP contribution in [0.25, 0.3) is 0 Å². The fourth-order valence-corrected chi connectivity index (χ4v) is 1.43. The van der Waals surface area contributed by atoms with Gasteiger partial charge >= 0.3 is 6.18 Å². The lowest BCUT2D eigenvalue weighted by Gasteiger charge is -2.09. The summed E-state index contributed by atoms with van der Waals surface area (Å²) < 4.78 is 61.1. The highest BCUT2D eigenvalue weighted by molar-refractivity contribution is 5.86. The smallest absolute Gasteiger partial charge is 0.292 e. The lowest BCUT2D eigenvalue weighted by molar-refractivity contribution is -0.137. The molecular weight excluding hydrogens is 269 g/mol. The van der Waals surface area contributed by atoms with Crippen LogP contribution >= 0.6 is 0 Å². The van der Waals surface area contributed by atoms with Crippen molar-refractivity contribution in [3.8, 4) is 6.07 Å². The average molecular weight is 277 g/mol. The molecule has 19 heavy (non-hydrogen) atoms. The normalized spacial score (nSPS) is 13.1. The molecule has 1 unspecified atom stereocenters. The molecule has 0 aliphatic rings. The zero-order chi connectivity index (χ0) is 14.6. The van der Waals surface area contributed by atoms with Gasteiger partial charge in [0, 0.05) is 0 Å². The first-order chi connectivity index (χ1) is 8.75. The fraction of sp³-hybridized carbons (Fsp3) is 0.333. The van der Waals surface area contributed by atoms with E-state index in [4.69, 9.17) is 5.26 Å². The zero-order valence-corrected chi connectivity index (χ0v) is 9.42. The molecule has 0 fully saturated rings. The number of hydrogen-bond acceptors (Lipinski definition) is 2. The van der Waals surface area contributed by atoms with Crippen LogP contribution in [0.15, 0.2) is 24.3 Å². The number of benzene rings is 1. The number of carbonyl (C=O) groups is 1. The Kier molecular flexibility index (Phi) is 4.59. The second kappa shape index (κ2) is 5.78. The van der Waals surface area contributed by atoms with Gasteiger partial charge in [0.1, 0.15) is 5.92 Å². The molecule has 0 spiro atoms. The maximum atomic E-state index is 12.3. The third-order valence-corrected chi connectivity index (χ3v) is 2.44. The average Bonchev–Trinajstić information content (AvgIpc) is 2.34. The van der Waals surface area contributed by atoms with E-state index < -0.39 is 29.9 Å². The van der Waals surface area contributed by atoms with Crippen LogP contribution in [-0.4, -0.2) is 12.2 Å². The molecule has 0 heterocycles. The van der Waals surface area contributed by atoms with E-state index in [0.717, 1.165) is 24.3 Å². The number of nitrogens with zero attached hydrogens (tertiary/aromatic N) is 1. The lowest BCUT2D eigenvalue weighted by atomic mass is 9.96. The molecule has 0 aliphatic heterocycles. The van der Waals surface area contributed by atoms with Crippen LogP contribution in [0.1, 0.15) is 11.1 Å². The molecule has 1 atom stereocenters. The van der Waals surface area contributed by atoms with Gasteiger partial charge in [-0.2, -0.15) is 18.4 Å². The molecule has 1 rings (SSSR count). The Morgan fingerprint density at radius 3 is 2.11 bits per heavy atom. The predicted octanol–water partition coefficient (Wildman–Crippen LogP) is 3.22. The van der Waals surface area contributed by atoms with Crippen molar-refractivity contribution in [2.24, 2.45) is 5.92 Å². The van der Waals surface area contributed by atoms with Crippen LogP contribution in [0, 0.1) is 17.2 Å². The number of halogens is 5. The molecule has 0 saturated carbocycles. The molecule has 1 aromatic rings. The van der Waals surface area contributed by atoms with Crippen LogP contribution in [0.3, 0.4) is 0 Å². The van der Waals surface area contributed by atoms with Crippen molar-refractivity contribution >= 4 is 5.78 Å². The van der Waals surface area contributed by atoms with Gasteiger partial charge in [-0.25, -0.2) is 8.78 Å². The van der Waals surface area contributed by atoms with Gasteiger partial charge < -0.3 is 0 Å². The summed E-state index contributed by atoms with van der Waals surface area (Å²) in [7, 11) is 0. The quantitative estimate of drug-likeness (QED) is 0.793. The van der Waals surface area contributed by atoms with Gasteiger partial charge in [-0.3, -0.25) is 4.79 Å². The summed E-state index contributed by atoms with van der Waals surface area (Å²) in [6.45, 7) is 0. The maximum Gasteiger partial charge on any atom is 0.416 e. The minimum atomic E-state index is -4.49. The van der Waals surface area contributed by atoms with Crippen molar-refractivity contribution in [3.63, 3.8) is 0 Å². The Morgan fingerprint density at radius 2 is 1.74 bits per heavy atom. The summed E-state index contributed by atoms with van der Waals surface area (Å²) in [6.07, 6.45) is -8.09. The van der Waals surface area contributed by atoms with Gasteiger partial charge in [0.15, 0.2) is 0 Å². The molecule has 0 radical (unpaired) electrons. The second-order valence-corrected chi connectivity index (χ2v) is 3.78. The Hall–Kier alpha value is -1.97. The Balaban J connectivity index is 2.83. The first-order valence-corrected chi connectivity index (χ1v) is 5.13. The summed E-state index contributed by atoms with van der Waals surface area (Å²) in [6, 6.07) is 5.10. The number of alkyl halides is 5. The Morgan fingerprint density at radius 1 is 1.21 bits per heavy atom. The summed E-state index contributed by atoms with van der Waals surface area (Å²) >= 11 is 0. The van der Waals surface area contributed by atoms with E-state index >= 15 is 0 Å². The van der Waals surface area contributed by atoms with E-state index in [9.17, 15) is 26.7 Å². The number of carbonyl (C=O) groups excluding carboxylic acids is 1. The van der Waals surface area contributed by atoms with E-state index in [2.05, 4.69) is 0 Å². The monoisotopic (exact) mass is 277 g/mol. The molecular formula is C12H8F5NO. The lowest BCUT2D eigenvalue weighted by Crippen LogP contribution is -2.22. The molecule has 7 heteroatoms. The van der Waals surface area contributed by atoms with E-state index in [0.29, 0.717) is 0 Å². The molecule has 0 saturated heterocycles. The van der Waals surface area contributed by atoms with Crippen LogP contribution < -0.4 is 0 Å². The van der Waals surface area contributed by atoms with Gasteiger partial charge in [0.2, 0.25) is 5.78 Å². The number of Topliss-reactive ketones (excluding diaryl/α,β-unsaturated/α-hetero) is 1. The molecule has 1 aromatic carbocycles. The maximum absolute atomic E-state index is 12.3. The molecule has 0 aromatic heterocycles. The molecule has 0 aliphatic carbocycles. The predicted molar refractivity (Wildman–Crippen MR) is 55.3 cm³/mol. The molecule has 0 amide bonds. The van der Waals surface area contributed by atoms with E-state index in [1.54, 1.807) is 0 Å². The standard InChI is InChI=1S/C12H8F5NO/c13-11(14)10(19)8(6-18)5-7-1-3-9(4-2-7)12(15,16)17/h1-4,8,11H,5H2. The molecule has 2 nitrogen and oxygen atoms in total. The first kappa shape index (κ1) is 15.1. The molecule has 0 N–H and O–H groups in total. The van der Waals surface area contributed by atoms with E-state index in [1.807, 2.05) is 0 Å². The highest BCUT2D eigenvalue weighted by Gasteiger charge is 2.30. The van der Waals surface area contributed by atoms with E-state index in [1.165, 1.54) is 6.07 Å². The zero-order valence-electron chi connectivity index (χ0n) is 9.42. The third-order valence-electron chi connectivity index (χ3n) is 2.44. The van der Waals surface area contributed by atoms with Gasteiger partial charge in [-0.1, -0.05) is 12.1 Å². The van der Waals surface area contributed by atoms with Crippen molar-refractivity contribution in [2.45, 2.75) is 19.0 Å². The topological polar surface area (TPSA) is 40.9 Å². The van der Waals surface area contributed by atoms with Crippen molar-refractivity contribution in [1.29, 1.82) is 5.26 Å². The van der Waals surface area contributed by atoms with Crippen molar-refractivity contribution < 1.29 is 26.7 Å². The number of rotatable bonds is 4. The number of ketones is 1. The Bertz CT molecular complexity index is 486. The number of nitriles is 1. The SMILES string of the molecule is N#CC(Cc1ccc(C(F)(F)F)cc1)C(=O)C(F)F.